The Kier molecular flexibility index (Phi) is 5.85. The lowest BCUT2D eigenvalue weighted by atomic mass is 9.64. The Balaban J connectivity index is 1.57. The number of halogens is 2. The highest BCUT2D eigenvalue weighted by molar-refractivity contribution is 5.85. The Labute approximate surface area is 168 Å². The second-order valence-corrected chi connectivity index (χ2v) is 9.19. The Bertz CT molecular complexity index is 866. The van der Waals surface area contributed by atoms with E-state index in [2.05, 4.69) is 13.0 Å². The summed E-state index contributed by atoms with van der Waals surface area (Å²) in [4.78, 5) is 0. The zero-order valence-electron chi connectivity index (χ0n) is 17.2. The van der Waals surface area contributed by atoms with Gasteiger partial charge in [-0.1, -0.05) is 43.7 Å². The smallest absolute Gasteiger partial charge is 0.137 e. The zero-order chi connectivity index (χ0) is 19.7. The lowest BCUT2D eigenvalue weighted by Gasteiger charge is -2.41. The molecule has 0 heterocycles. The summed E-state index contributed by atoms with van der Waals surface area (Å²) in [5, 5.41) is 1.27. The number of hydrogen-bond acceptors (Lipinski definition) is 0. The second-order valence-electron chi connectivity index (χ2n) is 9.19. The Hall–Kier alpha value is -1.70. The van der Waals surface area contributed by atoms with Crippen LogP contribution in [0.3, 0.4) is 0 Å². The lowest BCUT2D eigenvalue weighted by molar-refractivity contribution is 0.124. The third kappa shape index (κ3) is 3.88. The van der Waals surface area contributed by atoms with E-state index in [1.54, 1.807) is 6.07 Å². The number of rotatable bonds is 4. The summed E-state index contributed by atoms with van der Waals surface area (Å²) >= 11 is 0. The van der Waals surface area contributed by atoms with Crippen LogP contribution in [-0.4, -0.2) is 0 Å². The van der Waals surface area contributed by atoms with Gasteiger partial charge in [-0.05, 0) is 92.6 Å². The van der Waals surface area contributed by atoms with Crippen molar-refractivity contribution < 1.29 is 8.78 Å². The van der Waals surface area contributed by atoms with Crippen molar-refractivity contribution in [2.24, 2.45) is 17.8 Å². The average molecular weight is 383 g/mol. The fourth-order valence-corrected chi connectivity index (χ4v) is 5.70. The first-order valence-electron chi connectivity index (χ1n) is 11.1. The fraction of sp³-hybridized carbons (Fsp3) is 0.538. The maximum atomic E-state index is 14.9. The summed E-state index contributed by atoms with van der Waals surface area (Å²) in [6.45, 7) is 4.32. The van der Waals surface area contributed by atoms with Crippen LogP contribution in [0.1, 0.15) is 75.8 Å². The van der Waals surface area contributed by atoms with Gasteiger partial charge in [-0.3, -0.25) is 0 Å². The van der Waals surface area contributed by atoms with Crippen molar-refractivity contribution in [2.45, 2.75) is 71.1 Å². The van der Waals surface area contributed by atoms with Gasteiger partial charge in [0.25, 0.3) is 0 Å². The van der Waals surface area contributed by atoms with Crippen molar-refractivity contribution in [1.29, 1.82) is 0 Å². The molecule has 2 aliphatic carbocycles. The van der Waals surface area contributed by atoms with E-state index in [4.69, 9.17) is 0 Å². The number of benzene rings is 2. The second kappa shape index (κ2) is 8.35. The first-order chi connectivity index (χ1) is 13.6. The van der Waals surface area contributed by atoms with Gasteiger partial charge < -0.3 is 0 Å². The van der Waals surface area contributed by atoms with E-state index < -0.39 is 5.82 Å². The molecule has 4 unspecified atom stereocenters. The molecule has 2 aliphatic rings. The third-order valence-corrected chi connectivity index (χ3v) is 7.29. The maximum absolute atomic E-state index is 14.9. The zero-order valence-corrected chi connectivity index (χ0v) is 17.2. The van der Waals surface area contributed by atoms with Crippen LogP contribution >= 0.6 is 0 Å². The SMILES string of the molecule is C/C=C/CCc1c(F)cc2cc(C3CCC4CC(C)CCC4C3)ccc2c1F. The molecule has 150 valence electrons. The first-order valence-corrected chi connectivity index (χ1v) is 11.1. The summed E-state index contributed by atoms with van der Waals surface area (Å²) in [6, 6.07) is 7.57. The highest BCUT2D eigenvalue weighted by Crippen LogP contribution is 2.47. The molecule has 0 aliphatic heterocycles. The quantitative estimate of drug-likeness (QED) is 0.471. The Morgan fingerprint density at radius 3 is 2.61 bits per heavy atom. The molecule has 2 aromatic rings. The molecule has 0 aromatic heterocycles. The molecule has 4 atom stereocenters. The monoisotopic (exact) mass is 382 g/mol. The maximum Gasteiger partial charge on any atom is 0.137 e. The predicted octanol–water partition coefficient (Wildman–Crippen LogP) is 7.95. The van der Waals surface area contributed by atoms with Gasteiger partial charge in [0.1, 0.15) is 11.6 Å². The summed E-state index contributed by atoms with van der Waals surface area (Å²) in [5.74, 6) is 2.38. The standard InChI is InChI=1S/C26H32F2/c1-3-4-5-6-24-25(27)16-22-15-21(11-12-23(22)26(24)28)20-10-9-18-13-17(2)7-8-19(18)14-20/h3-4,11-12,15-20H,5-10,13-14H2,1-2H3/b4-3+. The minimum atomic E-state index is -0.406. The van der Waals surface area contributed by atoms with Gasteiger partial charge >= 0.3 is 0 Å². The van der Waals surface area contributed by atoms with Crippen LogP contribution in [0.5, 0.6) is 0 Å². The highest BCUT2D eigenvalue weighted by Gasteiger charge is 2.34. The van der Waals surface area contributed by atoms with Crippen molar-refractivity contribution in [2.75, 3.05) is 0 Å². The predicted molar refractivity (Wildman–Crippen MR) is 114 cm³/mol. The van der Waals surface area contributed by atoms with E-state index >= 15 is 0 Å². The molecule has 0 amide bonds. The van der Waals surface area contributed by atoms with Crippen molar-refractivity contribution in [3.05, 3.63) is 59.2 Å². The molecule has 0 nitrogen and oxygen atoms in total. The van der Waals surface area contributed by atoms with E-state index in [0.717, 1.165) is 17.8 Å². The molecular weight excluding hydrogens is 350 g/mol. The van der Waals surface area contributed by atoms with Crippen molar-refractivity contribution >= 4 is 10.8 Å². The van der Waals surface area contributed by atoms with Crippen LogP contribution in [0.4, 0.5) is 8.78 Å². The fourth-order valence-electron chi connectivity index (χ4n) is 5.70. The van der Waals surface area contributed by atoms with Crippen LogP contribution in [0.25, 0.3) is 10.8 Å². The van der Waals surface area contributed by atoms with Crippen molar-refractivity contribution in [3.63, 3.8) is 0 Å². The lowest BCUT2D eigenvalue weighted by Crippen LogP contribution is -2.29. The molecule has 2 saturated carbocycles. The number of fused-ring (bicyclic) bond motifs is 2. The molecule has 28 heavy (non-hydrogen) atoms. The Morgan fingerprint density at radius 2 is 1.79 bits per heavy atom. The largest absolute Gasteiger partial charge is 0.207 e. The summed E-state index contributed by atoms with van der Waals surface area (Å²) in [7, 11) is 0. The summed E-state index contributed by atoms with van der Waals surface area (Å²) in [6.07, 6.45) is 12.8. The van der Waals surface area contributed by atoms with Crippen LogP contribution in [-0.2, 0) is 6.42 Å². The van der Waals surface area contributed by atoms with E-state index in [1.165, 1.54) is 44.1 Å². The third-order valence-electron chi connectivity index (χ3n) is 7.29. The topological polar surface area (TPSA) is 0 Å². The van der Waals surface area contributed by atoms with Gasteiger partial charge in [-0.15, -0.1) is 0 Å². The van der Waals surface area contributed by atoms with E-state index in [0.29, 0.717) is 29.5 Å². The van der Waals surface area contributed by atoms with E-state index in [9.17, 15) is 8.78 Å². The highest BCUT2D eigenvalue weighted by atomic mass is 19.1. The number of allylic oxidation sites excluding steroid dienone is 2. The van der Waals surface area contributed by atoms with Gasteiger partial charge in [0.05, 0.1) is 0 Å². The molecule has 2 fully saturated rings. The molecule has 4 rings (SSSR count). The van der Waals surface area contributed by atoms with Crippen LogP contribution < -0.4 is 0 Å². The minimum Gasteiger partial charge on any atom is -0.207 e. The molecule has 0 saturated heterocycles. The summed E-state index contributed by atoms with van der Waals surface area (Å²) < 4.78 is 29.5. The number of hydrogen-bond donors (Lipinski definition) is 0. The van der Waals surface area contributed by atoms with Gasteiger partial charge in [0.15, 0.2) is 0 Å². The van der Waals surface area contributed by atoms with E-state index in [-0.39, 0.29) is 11.4 Å². The molecule has 0 bridgehead atoms. The molecule has 2 heteroatoms. The minimum absolute atomic E-state index is 0.218. The normalized spacial score (nSPS) is 28.0. The molecule has 0 N–H and O–H groups in total. The summed E-state index contributed by atoms with van der Waals surface area (Å²) in [5.41, 5.74) is 1.49. The molecular formula is C26H32F2. The van der Waals surface area contributed by atoms with Gasteiger partial charge in [-0.2, -0.15) is 0 Å². The van der Waals surface area contributed by atoms with Crippen LogP contribution in [0, 0.1) is 29.4 Å². The van der Waals surface area contributed by atoms with Crippen molar-refractivity contribution in [1.82, 2.24) is 0 Å². The van der Waals surface area contributed by atoms with Crippen molar-refractivity contribution in [3.8, 4) is 0 Å². The van der Waals surface area contributed by atoms with Gasteiger partial charge in [0.2, 0.25) is 0 Å². The molecule has 0 radical (unpaired) electrons. The molecule has 2 aromatic carbocycles. The average Bonchev–Trinajstić information content (AvgIpc) is 2.69. The van der Waals surface area contributed by atoms with Crippen LogP contribution in [0.2, 0.25) is 0 Å². The van der Waals surface area contributed by atoms with E-state index in [1.807, 2.05) is 31.2 Å². The Morgan fingerprint density at radius 1 is 1.00 bits per heavy atom. The molecule has 0 spiro atoms. The van der Waals surface area contributed by atoms with Crippen LogP contribution in [0.15, 0.2) is 36.4 Å². The van der Waals surface area contributed by atoms with Gasteiger partial charge in [-0.25, -0.2) is 8.78 Å². The van der Waals surface area contributed by atoms with Gasteiger partial charge in [0, 0.05) is 10.9 Å². The first kappa shape index (κ1) is 19.6.